The van der Waals surface area contributed by atoms with Crippen LogP contribution < -0.4 is 4.90 Å². The van der Waals surface area contributed by atoms with E-state index in [1.54, 1.807) is 17.8 Å². The summed E-state index contributed by atoms with van der Waals surface area (Å²) in [6.45, 7) is 1.92. The minimum Gasteiger partial charge on any atom is -0.478 e. The van der Waals surface area contributed by atoms with Gasteiger partial charge in [0.1, 0.15) is 11.3 Å². The number of hydrogen-bond donors (Lipinski definition) is 1. The number of Topliss-reactive ketones (excluding diaryl/α,β-unsaturated/α-hetero) is 1. The second-order valence-corrected chi connectivity index (χ2v) is 6.38. The summed E-state index contributed by atoms with van der Waals surface area (Å²) in [5.74, 6) is -0.768. The summed E-state index contributed by atoms with van der Waals surface area (Å²) in [6, 6.07) is 3.63. The van der Waals surface area contributed by atoms with E-state index in [4.69, 9.17) is 0 Å². The second-order valence-electron chi connectivity index (χ2n) is 6.38. The minimum atomic E-state index is -1.16. The van der Waals surface area contributed by atoms with Gasteiger partial charge >= 0.3 is 5.97 Å². The zero-order valence-electron chi connectivity index (χ0n) is 14.3. The van der Waals surface area contributed by atoms with Crippen LogP contribution in [0.4, 0.5) is 5.95 Å². The lowest BCUT2D eigenvalue weighted by Crippen LogP contribution is -2.19. The van der Waals surface area contributed by atoms with Crippen molar-refractivity contribution in [2.75, 3.05) is 18.0 Å². The van der Waals surface area contributed by atoms with E-state index in [-0.39, 0.29) is 23.5 Å². The van der Waals surface area contributed by atoms with E-state index in [0.29, 0.717) is 5.95 Å². The van der Waals surface area contributed by atoms with Crippen LogP contribution in [0.5, 0.6) is 0 Å². The van der Waals surface area contributed by atoms with Crippen molar-refractivity contribution >= 4 is 23.3 Å². The van der Waals surface area contributed by atoms with Gasteiger partial charge in [0.2, 0.25) is 5.95 Å². The number of carboxylic acids is 1. The fourth-order valence-electron chi connectivity index (χ4n) is 3.26. The number of aryl methyl sites for hydroxylation is 1. The van der Waals surface area contributed by atoms with E-state index < -0.39 is 5.97 Å². The topological polar surface area (TPSA) is 106 Å². The monoisotopic (exact) mass is 354 g/mol. The quantitative estimate of drug-likeness (QED) is 0.686. The van der Waals surface area contributed by atoms with Gasteiger partial charge in [0.25, 0.3) is 0 Å². The lowest BCUT2D eigenvalue weighted by Gasteiger charge is -2.10. The fraction of sp³-hybridized carbons (Fsp3) is 0.353. The number of anilines is 1. The van der Waals surface area contributed by atoms with E-state index in [1.807, 2.05) is 12.1 Å². The molecule has 0 amide bonds. The van der Waals surface area contributed by atoms with E-state index in [1.165, 1.54) is 10.9 Å². The second kappa shape index (κ2) is 6.25. The molecule has 1 N–H and O–H groups in total. The molecule has 0 aliphatic carbocycles. The average Bonchev–Trinajstić information content (AvgIpc) is 3.32. The van der Waals surface area contributed by atoms with Crippen molar-refractivity contribution in [1.29, 1.82) is 0 Å². The first kappa shape index (κ1) is 16.2. The first-order valence-corrected chi connectivity index (χ1v) is 8.41. The summed E-state index contributed by atoms with van der Waals surface area (Å²) in [6.07, 6.45) is 5.31. The molecule has 0 aromatic carbocycles. The molecular formula is C17H18N6O3. The maximum absolute atomic E-state index is 12.6. The van der Waals surface area contributed by atoms with Crippen molar-refractivity contribution in [2.24, 2.45) is 7.05 Å². The third-order valence-electron chi connectivity index (χ3n) is 4.57. The van der Waals surface area contributed by atoms with Gasteiger partial charge in [0.05, 0.1) is 6.20 Å². The Kier molecular flexibility index (Phi) is 3.90. The molecule has 0 unspecified atom stereocenters. The van der Waals surface area contributed by atoms with Crippen molar-refractivity contribution in [2.45, 2.75) is 19.3 Å². The Balaban J connectivity index is 1.60. The van der Waals surface area contributed by atoms with Gasteiger partial charge in [-0.2, -0.15) is 10.1 Å². The first-order chi connectivity index (χ1) is 12.5. The normalized spacial score (nSPS) is 14.3. The summed E-state index contributed by atoms with van der Waals surface area (Å²) < 4.78 is 2.96. The third kappa shape index (κ3) is 2.81. The van der Waals surface area contributed by atoms with E-state index in [0.717, 1.165) is 37.1 Å². The highest BCUT2D eigenvalue weighted by atomic mass is 16.4. The summed E-state index contributed by atoms with van der Waals surface area (Å²) >= 11 is 0. The number of hydrogen-bond acceptors (Lipinski definition) is 6. The summed E-state index contributed by atoms with van der Waals surface area (Å²) in [5, 5.41) is 17.6. The summed E-state index contributed by atoms with van der Waals surface area (Å²) in [5.41, 5.74) is 1.46. The molecule has 1 saturated heterocycles. The van der Waals surface area contributed by atoms with Gasteiger partial charge in [-0.25, -0.2) is 9.31 Å². The van der Waals surface area contributed by atoms with Crippen molar-refractivity contribution in [3.8, 4) is 0 Å². The molecule has 9 nitrogen and oxygen atoms in total. The van der Waals surface area contributed by atoms with Crippen LogP contribution in [0.1, 0.15) is 39.3 Å². The van der Waals surface area contributed by atoms with Crippen molar-refractivity contribution in [3.63, 3.8) is 0 Å². The van der Waals surface area contributed by atoms with Crippen LogP contribution in [-0.4, -0.2) is 54.3 Å². The highest BCUT2D eigenvalue weighted by Gasteiger charge is 2.22. The minimum absolute atomic E-state index is 0.0641. The van der Waals surface area contributed by atoms with Crippen LogP contribution in [0.25, 0.3) is 5.65 Å². The number of fused-ring (bicyclic) bond motifs is 1. The van der Waals surface area contributed by atoms with Crippen molar-refractivity contribution in [1.82, 2.24) is 24.4 Å². The Hall–Kier alpha value is -3.23. The SMILES string of the molecule is Cn1ncc(C(=O)O)c1C(=O)Cc1ccc2nc(N3CCCC3)nn2c1. The van der Waals surface area contributed by atoms with Crippen LogP contribution in [0.3, 0.4) is 0 Å². The highest BCUT2D eigenvalue weighted by molar-refractivity contribution is 6.05. The van der Waals surface area contributed by atoms with Crippen LogP contribution in [0.15, 0.2) is 24.5 Å². The molecule has 4 heterocycles. The van der Waals surface area contributed by atoms with Crippen LogP contribution >= 0.6 is 0 Å². The molecule has 134 valence electrons. The molecule has 0 atom stereocenters. The van der Waals surface area contributed by atoms with Crippen LogP contribution in [0.2, 0.25) is 0 Å². The third-order valence-corrected chi connectivity index (χ3v) is 4.57. The molecule has 9 heteroatoms. The molecular weight excluding hydrogens is 336 g/mol. The molecule has 1 fully saturated rings. The lowest BCUT2D eigenvalue weighted by molar-refractivity contribution is 0.0691. The molecule has 1 aliphatic heterocycles. The Morgan fingerprint density at radius 2 is 2.00 bits per heavy atom. The average molecular weight is 354 g/mol. The maximum Gasteiger partial charge on any atom is 0.339 e. The van der Waals surface area contributed by atoms with Crippen molar-refractivity contribution < 1.29 is 14.7 Å². The summed E-state index contributed by atoms with van der Waals surface area (Å²) in [4.78, 5) is 30.5. The van der Waals surface area contributed by atoms with E-state index in [2.05, 4.69) is 20.1 Å². The molecule has 3 aromatic rings. The lowest BCUT2D eigenvalue weighted by atomic mass is 10.1. The predicted octanol–water partition coefficient (Wildman–Crippen LogP) is 1.19. The number of nitrogens with zero attached hydrogens (tertiary/aromatic N) is 6. The van der Waals surface area contributed by atoms with Crippen molar-refractivity contribution in [3.05, 3.63) is 41.3 Å². The van der Waals surface area contributed by atoms with Gasteiger partial charge in [-0.15, -0.1) is 5.10 Å². The smallest absolute Gasteiger partial charge is 0.339 e. The predicted molar refractivity (Wildman–Crippen MR) is 92.6 cm³/mol. The van der Waals surface area contributed by atoms with Gasteiger partial charge in [-0.3, -0.25) is 9.48 Å². The first-order valence-electron chi connectivity index (χ1n) is 8.41. The number of rotatable bonds is 5. The molecule has 1 aliphatic rings. The molecule has 26 heavy (non-hydrogen) atoms. The summed E-state index contributed by atoms with van der Waals surface area (Å²) in [7, 11) is 1.56. The highest BCUT2D eigenvalue weighted by Crippen LogP contribution is 2.18. The molecule has 3 aromatic heterocycles. The number of aromatic nitrogens is 5. The largest absolute Gasteiger partial charge is 0.478 e. The standard InChI is InChI=1S/C17H18N6O3/c1-21-15(12(9-18-21)16(25)26)13(24)8-11-4-5-14-19-17(20-23(14)10-11)22-6-2-3-7-22/h4-5,9-10H,2-3,6-8H2,1H3,(H,25,26). The fourth-order valence-corrected chi connectivity index (χ4v) is 3.26. The molecule has 4 rings (SSSR count). The van der Waals surface area contributed by atoms with Crippen LogP contribution in [-0.2, 0) is 13.5 Å². The number of carboxylic acid groups (broad SMARTS) is 1. The maximum atomic E-state index is 12.6. The number of carbonyl (C=O) groups excluding carboxylic acids is 1. The van der Waals surface area contributed by atoms with Gasteiger partial charge < -0.3 is 10.0 Å². The molecule has 0 saturated carbocycles. The van der Waals surface area contributed by atoms with Gasteiger partial charge in [0.15, 0.2) is 11.4 Å². The van der Waals surface area contributed by atoms with Crippen LogP contribution in [0, 0.1) is 0 Å². The number of aromatic carboxylic acids is 1. The Labute approximate surface area is 148 Å². The van der Waals surface area contributed by atoms with Gasteiger partial charge in [0, 0.05) is 32.8 Å². The molecule has 0 bridgehead atoms. The molecule has 0 spiro atoms. The zero-order valence-corrected chi connectivity index (χ0v) is 14.3. The Bertz CT molecular complexity index is 999. The number of pyridine rings is 1. The van der Waals surface area contributed by atoms with E-state index in [9.17, 15) is 14.7 Å². The number of ketones is 1. The Morgan fingerprint density at radius 1 is 1.23 bits per heavy atom. The zero-order chi connectivity index (χ0) is 18.3. The van der Waals surface area contributed by atoms with Gasteiger partial charge in [-0.05, 0) is 24.5 Å². The Morgan fingerprint density at radius 3 is 2.73 bits per heavy atom. The van der Waals surface area contributed by atoms with Gasteiger partial charge in [-0.1, -0.05) is 6.07 Å². The van der Waals surface area contributed by atoms with E-state index >= 15 is 0 Å². The molecule has 0 radical (unpaired) electrons. The number of carbonyl (C=O) groups is 2.